The molecule has 0 aromatic heterocycles. The molecule has 3 aliphatic rings. The summed E-state index contributed by atoms with van der Waals surface area (Å²) in [6.07, 6.45) is 8.16. The molecule has 3 heteroatoms. The van der Waals surface area contributed by atoms with E-state index in [1.165, 1.54) is 32.1 Å². The summed E-state index contributed by atoms with van der Waals surface area (Å²) in [7, 11) is 0. The lowest BCUT2D eigenvalue weighted by atomic mass is 9.67. The zero-order chi connectivity index (χ0) is 15.0. The molecule has 1 aliphatic carbocycles. The van der Waals surface area contributed by atoms with Gasteiger partial charge in [0.25, 0.3) is 0 Å². The van der Waals surface area contributed by atoms with Gasteiger partial charge in [0.15, 0.2) is 0 Å². The molecule has 0 spiro atoms. The first-order valence-electron chi connectivity index (χ1n) is 8.96. The maximum atomic E-state index is 12.9. The third-order valence-electron chi connectivity index (χ3n) is 5.88. The standard InChI is InChI=1S/C18H32N2O/c1-13-8-14(11-18(2,3)10-13)9-17(21)20-15-4-5-16(20)12-19-7-6-15/h13-16,19H,4-12H2,1-3H3. The highest BCUT2D eigenvalue weighted by atomic mass is 16.2. The molecule has 2 heterocycles. The van der Waals surface area contributed by atoms with Gasteiger partial charge in [0.05, 0.1) is 0 Å². The Morgan fingerprint density at radius 3 is 2.71 bits per heavy atom. The summed E-state index contributed by atoms with van der Waals surface area (Å²) in [5, 5.41) is 3.49. The van der Waals surface area contributed by atoms with Crippen LogP contribution in [0.2, 0.25) is 0 Å². The largest absolute Gasteiger partial charge is 0.335 e. The Morgan fingerprint density at radius 1 is 1.19 bits per heavy atom. The molecule has 120 valence electrons. The fraction of sp³-hybridized carbons (Fsp3) is 0.944. The second-order valence-electron chi connectivity index (χ2n) is 8.66. The van der Waals surface area contributed by atoms with Crippen LogP contribution in [0.1, 0.15) is 65.7 Å². The number of carbonyl (C=O) groups is 1. The fourth-order valence-corrected chi connectivity index (χ4v) is 5.44. The molecule has 0 aromatic carbocycles. The topological polar surface area (TPSA) is 32.3 Å². The lowest BCUT2D eigenvalue weighted by molar-refractivity contribution is -0.135. The van der Waals surface area contributed by atoms with Gasteiger partial charge in [-0.05, 0) is 62.3 Å². The Morgan fingerprint density at radius 2 is 1.95 bits per heavy atom. The van der Waals surface area contributed by atoms with E-state index in [1.807, 2.05) is 0 Å². The number of nitrogens with zero attached hydrogens (tertiary/aromatic N) is 1. The number of hydrogen-bond acceptors (Lipinski definition) is 2. The Labute approximate surface area is 129 Å². The molecule has 4 atom stereocenters. The van der Waals surface area contributed by atoms with Gasteiger partial charge in [0.2, 0.25) is 5.91 Å². The Bertz CT molecular complexity index is 379. The molecule has 2 saturated heterocycles. The molecule has 2 aliphatic heterocycles. The van der Waals surface area contributed by atoms with E-state index in [4.69, 9.17) is 0 Å². The van der Waals surface area contributed by atoms with Gasteiger partial charge in [-0.2, -0.15) is 0 Å². The highest BCUT2D eigenvalue weighted by molar-refractivity contribution is 5.77. The summed E-state index contributed by atoms with van der Waals surface area (Å²) < 4.78 is 0. The van der Waals surface area contributed by atoms with Crippen LogP contribution >= 0.6 is 0 Å². The second kappa shape index (κ2) is 5.91. The highest BCUT2D eigenvalue weighted by Crippen LogP contribution is 2.43. The van der Waals surface area contributed by atoms with Crippen LogP contribution in [0.5, 0.6) is 0 Å². The molecule has 1 N–H and O–H groups in total. The number of fused-ring (bicyclic) bond motifs is 2. The zero-order valence-corrected chi connectivity index (χ0v) is 14.0. The van der Waals surface area contributed by atoms with Gasteiger partial charge < -0.3 is 10.2 Å². The molecule has 4 unspecified atom stereocenters. The zero-order valence-electron chi connectivity index (χ0n) is 14.0. The van der Waals surface area contributed by atoms with Crippen molar-refractivity contribution in [3.05, 3.63) is 0 Å². The van der Waals surface area contributed by atoms with E-state index < -0.39 is 0 Å². The van der Waals surface area contributed by atoms with Crippen LogP contribution in [0.25, 0.3) is 0 Å². The third-order valence-corrected chi connectivity index (χ3v) is 5.88. The fourth-order valence-electron chi connectivity index (χ4n) is 5.44. The van der Waals surface area contributed by atoms with E-state index in [0.29, 0.717) is 29.3 Å². The SMILES string of the molecule is CC1CC(CC(=O)N2C3CCNCC2CC3)CC(C)(C)C1. The van der Waals surface area contributed by atoms with Gasteiger partial charge in [-0.25, -0.2) is 0 Å². The number of hydrogen-bond donors (Lipinski definition) is 1. The van der Waals surface area contributed by atoms with Crippen molar-refractivity contribution < 1.29 is 4.79 Å². The Balaban J connectivity index is 1.63. The average molecular weight is 292 g/mol. The van der Waals surface area contributed by atoms with Crippen LogP contribution in [-0.4, -0.2) is 36.0 Å². The molecular weight excluding hydrogens is 260 g/mol. The van der Waals surface area contributed by atoms with Gasteiger partial charge in [0.1, 0.15) is 0 Å². The normalized spacial score (nSPS) is 39.1. The molecule has 1 amide bonds. The Hall–Kier alpha value is -0.570. The first kappa shape index (κ1) is 15.3. The average Bonchev–Trinajstić information content (AvgIpc) is 2.59. The van der Waals surface area contributed by atoms with E-state index in [1.54, 1.807) is 0 Å². The maximum Gasteiger partial charge on any atom is 0.223 e. The van der Waals surface area contributed by atoms with E-state index in [-0.39, 0.29) is 0 Å². The van der Waals surface area contributed by atoms with Crippen molar-refractivity contribution in [1.82, 2.24) is 10.2 Å². The molecule has 3 nitrogen and oxygen atoms in total. The maximum absolute atomic E-state index is 12.9. The first-order chi connectivity index (χ1) is 9.94. The van der Waals surface area contributed by atoms with Crippen molar-refractivity contribution in [1.29, 1.82) is 0 Å². The van der Waals surface area contributed by atoms with Crippen LogP contribution in [-0.2, 0) is 4.79 Å². The number of rotatable bonds is 2. The molecule has 3 fully saturated rings. The van der Waals surface area contributed by atoms with Crippen molar-refractivity contribution in [3.8, 4) is 0 Å². The third kappa shape index (κ3) is 3.44. The monoisotopic (exact) mass is 292 g/mol. The van der Waals surface area contributed by atoms with Crippen molar-refractivity contribution in [2.75, 3.05) is 13.1 Å². The smallest absolute Gasteiger partial charge is 0.223 e. The summed E-state index contributed by atoms with van der Waals surface area (Å²) in [6, 6.07) is 0.991. The minimum absolute atomic E-state index is 0.419. The van der Waals surface area contributed by atoms with E-state index >= 15 is 0 Å². The highest BCUT2D eigenvalue weighted by Gasteiger charge is 2.40. The van der Waals surface area contributed by atoms with Gasteiger partial charge in [-0.1, -0.05) is 20.8 Å². The molecule has 2 bridgehead atoms. The predicted octanol–water partition coefficient (Wildman–Crippen LogP) is 3.19. The lowest BCUT2D eigenvalue weighted by Gasteiger charge is -2.40. The summed E-state index contributed by atoms with van der Waals surface area (Å²) in [5.74, 6) is 1.82. The van der Waals surface area contributed by atoms with Gasteiger partial charge in [-0.15, -0.1) is 0 Å². The van der Waals surface area contributed by atoms with E-state index in [9.17, 15) is 4.79 Å². The van der Waals surface area contributed by atoms with E-state index in [0.717, 1.165) is 31.8 Å². The molecule has 0 radical (unpaired) electrons. The quantitative estimate of drug-likeness (QED) is 0.847. The molecule has 3 rings (SSSR count). The van der Waals surface area contributed by atoms with Crippen LogP contribution in [0, 0.1) is 17.3 Å². The summed E-state index contributed by atoms with van der Waals surface area (Å²) in [6.45, 7) is 9.20. The molecule has 21 heavy (non-hydrogen) atoms. The van der Waals surface area contributed by atoms with Crippen molar-refractivity contribution in [2.45, 2.75) is 77.8 Å². The van der Waals surface area contributed by atoms with Crippen LogP contribution in [0.4, 0.5) is 0 Å². The molecule has 0 aromatic rings. The number of nitrogens with one attached hydrogen (secondary N) is 1. The summed E-state index contributed by atoms with van der Waals surface area (Å²) in [5.41, 5.74) is 0.419. The first-order valence-corrected chi connectivity index (χ1v) is 8.96. The minimum Gasteiger partial charge on any atom is -0.335 e. The second-order valence-corrected chi connectivity index (χ2v) is 8.66. The Kier molecular flexibility index (Phi) is 4.31. The van der Waals surface area contributed by atoms with Crippen LogP contribution < -0.4 is 5.32 Å². The van der Waals surface area contributed by atoms with Gasteiger partial charge >= 0.3 is 0 Å². The van der Waals surface area contributed by atoms with Crippen molar-refractivity contribution in [3.63, 3.8) is 0 Å². The van der Waals surface area contributed by atoms with E-state index in [2.05, 4.69) is 31.0 Å². The summed E-state index contributed by atoms with van der Waals surface area (Å²) in [4.78, 5) is 15.2. The molecular formula is C18H32N2O. The number of amides is 1. The van der Waals surface area contributed by atoms with Gasteiger partial charge in [0, 0.05) is 25.0 Å². The summed E-state index contributed by atoms with van der Waals surface area (Å²) >= 11 is 0. The van der Waals surface area contributed by atoms with Crippen molar-refractivity contribution >= 4 is 5.91 Å². The lowest BCUT2D eigenvalue weighted by Crippen LogP contribution is -2.43. The van der Waals surface area contributed by atoms with Gasteiger partial charge in [-0.3, -0.25) is 4.79 Å². The predicted molar refractivity (Wildman–Crippen MR) is 86.0 cm³/mol. The minimum atomic E-state index is 0.419. The molecule has 1 saturated carbocycles. The van der Waals surface area contributed by atoms with Crippen LogP contribution in [0.3, 0.4) is 0 Å². The van der Waals surface area contributed by atoms with Crippen LogP contribution in [0.15, 0.2) is 0 Å². The van der Waals surface area contributed by atoms with Crippen molar-refractivity contribution in [2.24, 2.45) is 17.3 Å². The number of carbonyl (C=O) groups excluding carboxylic acids is 1.